The number of alkyl halides is 1. The minimum Gasteiger partial charge on any atom is -0.231 e. The van der Waals surface area contributed by atoms with Gasteiger partial charge in [0.25, 0.3) is 0 Å². The van der Waals surface area contributed by atoms with Gasteiger partial charge in [-0.15, -0.1) is 11.6 Å². The van der Waals surface area contributed by atoms with Crippen LogP contribution in [0, 0.1) is 5.92 Å². The molecule has 0 radical (unpaired) electrons. The van der Waals surface area contributed by atoms with E-state index in [0.29, 0.717) is 5.92 Å². The molecule has 1 aromatic rings. The molecule has 4 heteroatoms. The van der Waals surface area contributed by atoms with Gasteiger partial charge in [0.1, 0.15) is 0 Å². The highest BCUT2D eigenvalue weighted by atomic mass is 35.5. The highest BCUT2D eigenvalue weighted by Gasteiger charge is 2.02. The van der Waals surface area contributed by atoms with Crippen LogP contribution < -0.4 is 0 Å². The highest BCUT2D eigenvalue weighted by Crippen LogP contribution is 2.17. The molecule has 0 bridgehead atoms. The molecule has 0 fully saturated rings. The standard InChI is InChI=1S/C10H15ClN2S/c1-9(3-5-11)4-8-14-10-12-6-2-7-13-10/h2,6-7,9H,3-5,8H2,1H3. The second-order valence-electron chi connectivity index (χ2n) is 3.25. The van der Waals surface area contributed by atoms with Crippen LogP contribution in [0.25, 0.3) is 0 Å². The lowest BCUT2D eigenvalue weighted by Gasteiger charge is -2.07. The van der Waals surface area contributed by atoms with E-state index in [-0.39, 0.29) is 0 Å². The van der Waals surface area contributed by atoms with Crippen LogP contribution >= 0.6 is 23.4 Å². The molecule has 0 aliphatic heterocycles. The number of nitrogens with zero attached hydrogens (tertiary/aromatic N) is 2. The summed E-state index contributed by atoms with van der Waals surface area (Å²) in [6.45, 7) is 2.23. The Hall–Kier alpha value is -0.280. The maximum absolute atomic E-state index is 5.66. The first-order valence-corrected chi connectivity index (χ1v) is 6.30. The molecular weight excluding hydrogens is 216 g/mol. The first kappa shape index (κ1) is 11.8. The number of hydrogen-bond acceptors (Lipinski definition) is 3. The smallest absolute Gasteiger partial charge is 0.187 e. The molecule has 0 aromatic carbocycles. The van der Waals surface area contributed by atoms with Crippen molar-refractivity contribution in [1.29, 1.82) is 0 Å². The Morgan fingerprint density at radius 2 is 2.07 bits per heavy atom. The van der Waals surface area contributed by atoms with Crippen LogP contribution in [0.4, 0.5) is 0 Å². The summed E-state index contributed by atoms with van der Waals surface area (Å²) in [5.41, 5.74) is 0. The zero-order valence-corrected chi connectivity index (χ0v) is 9.89. The third-order valence-corrected chi connectivity index (χ3v) is 3.11. The van der Waals surface area contributed by atoms with Crippen LogP contribution in [0.1, 0.15) is 19.8 Å². The van der Waals surface area contributed by atoms with E-state index in [4.69, 9.17) is 11.6 Å². The van der Waals surface area contributed by atoms with Crippen LogP contribution in [0.2, 0.25) is 0 Å². The molecule has 14 heavy (non-hydrogen) atoms. The van der Waals surface area contributed by atoms with E-state index in [2.05, 4.69) is 16.9 Å². The number of rotatable bonds is 6. The van der Waals surface area contributed by atoms with Crippen molar-refractivity contribution in [3.05, 3.63) is 18.5 Å². The summed E-state index contributed by atoms with van der Waals surface area (Å²) < 4.78 is 0. The van der Waals surface area contributed by atoms with Crippen molar-refractivity contribution >= 4 is 23.4 Å². The van der Waals surface area contributed by atoms with Crippen LogP contribution in [0.5, 0.6) is 0 Å². The first-order chi connectivity index (χ1) is 6.83. The lowest BCUT2D eigenvalue weighted by Crippen LogP contribution is -1.97. The predicted molar refractivity (Wildman–Crippen MR) is 61.9 cm³/mol. The van der Waals surface area contributed by atoms with Crippen molar-refractivity contribution in [2.45, 2.75) is 24.9 Å². The molecule has 0 saturated heterocycles. The van der Waals surface area contributed by atoms with Gasteiger partial charge in [-0.2, -0.15) is 0 Å². The zero-order valence-electron chi connectivity index (χ0n) is 8.32. The Balaban J connectivity index is 2.16. The summed E-state index contributed by atoms with van der Waals surface area (Å²) in [6.07, 6.45) is 5.82. The summed E-state index contributed by atoms with van der Waals surface area (Å²) in [5, 5.41) is 0.866. The van der Waals surface area contributed by atoms with Crippen LogP contribution in [-0.2, 0) is 0 Å². The Morgan fingerprint density at radius 1 is 1.36 bits per heavy atom. The molecule has 0 aliphatic rings. The Labute approximate surface area is 94.5 Å². The van der Waals surface area contributed by atoms with Gasteiger partial charge in [0.15, 0.2) is 5.16 Å². The van der Waals surface area contributed by atoms with Gasteiger partial charge in [-0.3, -0.25) is 0 Å². The summed E-state index contributed by atoms with van der Waals surface area (Å²) in [7, 11) is 0. The molecule has 2 nitrogen and oxygen atoms in total. The minimum atomic E-state index is 0.698. The Bertz CT molecular complexity index is 243. The van der Waals surface area contributed by atoms with E-state index < -0.39 is 0 Å². The third kappa shape index (κ3) is 4.82. The number of thioether (sulfide) groups is 1. The predicted octanol–water partition coefficient (Wildman–Crippen LogP) is 3.22. The molecule has 1 heterocycles. The second-order valence-corrected chi connectivity index (χ2v) is 4.69. The van der Waals surface area contributed by atoms with Gasteiger partial charge < -0.3 is 0 Å². The number of halogens is 1. The first-order valence-electron chi connectivity index (χ1n) is 4.78. The fourth-order valence-corrected chi connectivity index (χ4v) is 2.39. The van der Waals surface area contributed by atoms with E-state index >= 15 is 0 Å². The van der Waals surface area contributed by atoms with Gasteiger partial charge in [-0.05, 0) is 24.8 Å². The van der Waals surface area contributed by atoms with Gasteiger partial charge in [0.05, 0.1) is 0 Å². The van der Waals surface area contributed by atoms with Crippen molar-refractivity contribution in [3.63, 3.8) is 0 Å². The number of aromatic nitrogens is 2. The fourth-order valence-electron chi connectivity index (χ4n) is 1.04. The van der Waals surface area contributed by atoms with Crippen molar-refractivity contribution in [2.24, 2.45) is 5.92 Å². The molecule has 0 spiro atoms. The zero-order chi connectivity index (χ0) is 10.2. The van der Waals surface area contributed by atoms with Crippen LogP contribution in [-0.4, -0.2) is 21.6 Å². The lowest BCUT2D eigenvalue weighted by molar-refractivity contribution is 0.551. The highest BCUT2D eigenvalue weighted by molar-refractivity contribution is 7.99. The molecule has 0 amide bonds. The molecule has 0 saturated carbocycles. The van der Waals surface area contributed by atoms with Crippen molar-refractivity contribution in [3.8, 4) is 0 Å². The third-order valence-electron chi connectivity index (χ3n) is 1.99. The monoisotopic (exact) mass is 230 g/mol. The molecule has 1 aromatic heterocycles. The quantitative estimate of drug-likeness (QED) is 0.426. The summed E-state index contributed by atoms with van der Waals surface area (Å²) >= 11 is 7.37. The minimum absolute atomic E-state index is 0.698. The van der Waals surface area contributed by atoms with E-state index in [1.807, 2.05) is 6.07 Å². The van der Waals surface area contributed by atoms with Gasteiger partial charge in [0.2, 0.25) is 0 Å². The van der Waals surface area contributed by atoms with Crippen LogP contribution in [0.3, 0.4) is 0 Å². The summed E-state index contributed by atoms with van der Waals surface area (Å²) in [5.74, 6) is 2.53. The Morgan fingerprint density at radius 3 is 2.71 bits per heavy atom. The largest absolute Gasteiger partial charge is 0.231 e. The van der Waals surface area contributed by atoms with E-state index in [1.165, 1.54) is 6.42 Å². The normalized spacial score (nSPS) is 12.7. The molecule has 0 aliphatic carbocycles. The second kappa shape index (κ2) is 7.07. The average molecular weight is 231 g/mol. The van der Waals surface area contributed by atoms with E-state index in [0.717, 1.165) is 23.2 Å². The van der Waals surface area contributed by atoms with E-state index in [9.17, 15) is 0 Å². The maximum Gasteiger partial charge on any atom is 0.187 e. The molecular formula is C10H15ClN2S. The topological polar surface area (TPSA) is 25.8 Å². The maximum atomic E-state index is 5.66. The van der Waals surface area contributed by atoms with Crippen molar-refractivity contribution in [1.82, 2.24) is 9.97 Å². The summed E-state index contributed by atoms with van der Waals surface area (Å²) in [6, 6.07) is 1.83. The van der Waals surface area contributed by atoms with Gasteiger partial charge in [-0.1, -0.05) is 18.7 Å². The molecule has 1 unspecified atom stereocenters. The van der Waals surface area contributed by atoms with Gasteiger partial charge in [0, 0.05) is 24.0 Å². The van der Waals surface area contributed by atoms with Gasteiger partial charge in [-0.25, -0.2) is 9.97 Å². The molecule has 1 rings (SSSR count). The fraction of sp³-hybridized carbons (Fsp3) is 0.600. The Kier molecular flexibility index (Phi) is 5.96. The molecule has 0 N–H and O–H groups in total. The van der Waals surface area contributed by atoms with E-state index in [1.54, 1.807) is 24.2 Å². The summed E-state index contributed by atoms with van der Waals surface area (Å²) in [4.78, 5) is 8.29. The van der Waals surface area contributed by atoms with Gasteiger partial charge >= 0.3 is 0 Å². The molecule has 78 valence electrons. The SMILES string of the molecule is CC(CCCl)CCSc1ncccn1. The average Bonchev–Trinajstić information content (AvgIpc) is 2.20. The lowest BCUT2D eigenvalue weighted by atomic mass is 10.1. The number of hydrogen-bond donors (Lipinski definition) is 0. The van der Waals surface area contributed by atoms with Crippen molar-refractivity contribution in [2.75, 3.05) is 11.6 Å². The van der Waals surface area contributed by atoms with Crippen LogP contribution in [0.15, 0.2) is 23.6 Å². The molecule has 1 atom stereocenters. The van der Waals surface area contributed by atoms with Crippen molar-refractivity contribution < 1.29 is 0 Å².